The zero-order valence-electron chi connectivity index (χ0n) is 16.3. The van der Waals surface area contributed by atoms with Gasteiger partial charge in [-0.25, -0.2) is 0 Å². The Morgan fingerprint density at radius 2 is 1.83 bits per heavy atom. The lowest BCUT2D eigenvalue weighted by molar-refractivity contribution is 0.0614. The van der Waals surface area contributed by atoms with Crippen molar-refractivity contribution in [3.63, 3.8) is 0 Å². The number of para-hydroxylation sites is 2. The van der Waals surface area contributed by atoms with E-state index in [-0.39, 0.29) is 18.7 Å². The van der Waals surface area contributed by atoms with Gasteiger partial charge in [-0.05, 0) is 31.0 Å². The Bertz CT molecular complexity index is 1040. The van der Waals surface area contributed by atoms with Crippen LogP contribution in [0, 0.1) is 0 Å². The Labute approximate surface area is 170 Å². The first-order valence-electron chi connectivity index (χ1n) is 10.3. The van der Waals surface area contributed by atoms with E-state index in [4.69, 9.17) is 9.47 Å². The van der Waals surface area contributed by atoms with E-state index in [0.29, 0.717) is 12.1 Å². The van der Waals surface area contributed by atoms with E-state index < -0.39 is 0 Å². The highest BCUT2D eigenvalue weighted by atomic mass is 16.7. The van der Waals surface area contributed by atoms with Gasteiger partial charge in [-0.1, -0.05) is 49.6 Å². The number of rotatable bonds is 4. The van der Waals surface area contributed by atoms with Crippen LogP contribution >= 0.6 is 0 Å². The molecule has 0 radical (unpaired) electrons. The Kier molecular flexibility index (Phi) is 4.80. The molecule has 0 unspecified atom stereocenters. The summed E-state index contributed by atoms with van der Waals surface area (Å²) >= 11 is 0. The van der Waals surface area contributed by atoms with Gasteiger partial charge in [-0.2, -0.15) is 0 Å². The highest BCUT2D eigenvalue weighted by Crippen LogP contribution is 2.37. The monoisotopic (exact) mass is 388 g/mol. The van der Waals surface area contributed by atoms with Crippen molar-refractivity contribution in [2.45, 2.75) is 44.7 Å². The van der Waals surface area contributed by atoms with Crippen molar-refractivity contribution >= 4 is 16.8 Å². The minimum Gasteiger partial charge on any atom is -0.454 e. The number of hydrogen-bond donors (Lipinski definition) is 0. The topological polar surface area (TPSA) is 51.7 Å². The minimum absolute atomic E-state index is 0.0396. The summed E-state index contributed by atoms with van der Waals surface area (Å²) in [5.74, 6) is 1.56. The second kappa shape index (κ2) is 7.74. The molecule has 2 heterocycles. The SMILES string of the molecule is O=C(c1cccc2cccnc12)N(Cc1cccc2c1OCO2)C1CCCCC1. The van der Waals surface area contributed by atoms with Crippen LogP contribution in [-0.4, -0.2) is 28.6 Å². The van der Waals surface area contributed by atoms with Crippen molar-refractivity contribution in [1.82, 2.24) is 9.88 Å². The van der Waals surface area contributed by atoms with E-state index in [1.807, 2.05) is 53.4 Å². The van der Waals surface area contributed by atoms with Crippen LogP contribution in [0.15, 0.2) is 54.7 Å². The van der Waals surface area contributed by atoms with Gasteiger partial charge in [0.1, 0.15) is 0 Å². The molecule has 5 rings (SSSR count). The maximum absolute atomic E-state index is 13.8. The van der Waals surface area contributed by atoms with E-state index in [2.05, 4.69) is 4.98 Å². The molecule has 0 atom stereocenters. The summed E-state index contributed by atoms with van der Waals surface area (Å²) in [5.41, 5.74) is 2.42. The van der Waals surface area contributed by atoms with Crippen molar-refractivity contribution in [3.05, 3.63) is 65.9 Å². The number of pyridine rings is 1. The molecule has 0 bridgehead atoms. The van der Waals surface area contributed by atoms with Crippen LogP contribution in [0.25, 0.3) is 10.9 Å². The Morgan fingerprint density at radius 3 is 2.72 bits per heavy atom. The predicted molar refractivity (Wildman–Crippen MR) is 111 cm³/mol. The Morgan fingerprint density at radius 1 is 1.00 bits per heavy atom. The van der Waals surface area contributed by atoms with Crippen LogP contribution in [0.4, 0.5) is 0 Å². The largest absolute Gasteiger partial charge is 0.454 e. The number of nitrogens with zero attached hydrogens (tertiary/aromatic N) is 2. The van der Waals surface area contributed by atoms with Gasteiger partial charge in [0.25, 0.3) is 5.91 Å². The molecule has 1 aliphatic heterocycles. The third-order valence-corrected chi connectivity index (χ3v) is 5.96. The van der Waals surface area contributed by atoms with E-state index in [0.717, 1.165) is 53.6 Å². The molecule has 2 aromatic carbocycles. The molecule has 0 spiro atoms. The molecule has 5 nitrogen and oxygen atoms in total. The van der Waals surface area contributed by atoms with Crippen LogP contribution in [0.5, 0.6) is 11.5 Å². The molecule has 1 amide bonds. The number of amides is 1. The summed E-state index contributed by atoms with van der Waals surface area (Å²) in [7, 11) is 0. The van der Waals surface area contributed by atoms with Crippen molar-refractivity contribution in [2.75, 3.05) is 6.79 Å². The molecule has 29 heavy (non-hydrogen) atoms. The van der Waals surface area contributed by atoms with Crippen LogP contribution in [0.3, 0.4) is 0 Å². The van der Waals surface area contributed by atoms with E-state index in [1.54, 1.807) is 6.20 Å². The molecular formula is C24H24N2O3. The van der Waals surface area contributed by atoms with Gasteiger partial charge in [0.05, 0.1) is 17.6 Å². The maximum atomic E-state index is 13.8. The van der Waals surface area contributed by atoms with Gasteiger partial charge in [0.2, 0.25) is 6.79 Å². The fourth-order valence-electron chi connectivity index (χ4n) is 4.49. The summed E-state index contributed by atoms with van der Waals surface area (Å²) in [6.45, 7) is 0.746. The second-order valence-corrected chi connectivity index (χ2v) is 7.76. The smallest absolute Gasteiger partial charge is 0.256 e. The quantitative estimate of drug-likeness (QED) is 0.635. The predicted octanol–water partition coefficient (Wildman–Crippen LogP) is 4.94. The maximum Gasteiger partial charge on any atom is 0.256 e. The zero-order chi connectivity index (χ0) is 19.6. The molecular weight excluding hydrogens is 364 g/mol. The fraction of sp³-hybridized carbons (Fsp3) is 0.333. The van der Waals surface area contributed by atoms with E-state index in [1.165, 1.54) is 6.42 Å². The zero-order valence-corrected chi connectivity index (χ0v) is 16.3. The molecule has 1 aromatic heterocycles. The molecule has 2 aliphatic rings. The van der Waals surface area contributed by atoms with Crippen molar-refractivity contribution in [1.29, 1.82) is 0 Å². The second-order valence-electron chi connectivity index (χ2n) is 7.76. The lowest BCUT2D eigenvalue weighted by Gasteiger charge is -2.35. The number of ether oxygens (including phenoxy) is 2. The number of benzene rings is 2. The van der Waals surface area contributed by atoms with Crippen LogP contribution in [0.2, 0.25) is 0 Å². The average molecular weight is 388 g/mol. The number of hydrogen-bond acceptors (Lipinski definition) is 4. The molecule has 1 saturated carbocycles. The molecule has 148 valence electrons. The minimum atomic E-state index is 0.0396. The first-order chi connectivity index (χ1) is 14.3. The van der Waals surface area contributed by atoms with Gasteiger partial charge in [-0.15, -0.1) is 0 Å². The van der Waals surface area contributed by atoms with Gasteiger partial charge in [-0.3, -0.25) is 9.78 Å². The summed E-state index contributed by atoms with van der Waals surface area (Å²) < 4.78 is 11.2. The first-order valence-corrected chi connectivity index (χ1v) is 10.3. The normalized spacial score (nSPS) is 16.1. The van der Waals surface area contributed by atoms with E-state index in [9.17, 15) is 4.79 Å². The number of carbonyl (C=O) groups is 1. The van der Waals surface area contributed by atoms with Crippen molar-refractivity contribution < 1.29 is 14.3 Å². The summed E-state index contributed by atoms with van der Waals surface area (Å²) in [6, 6.07) is 15.9. The van der Waals surface area contributed by atoms with Gasteiger partial charge < -0.3 is 14.4 Å². The van der Waals surface area contributed by atoms with Crippen LogP contribution < -0.4 is 9.47 Å². The van der Waals surface area contributed by atoms with Crippen molar-refractivity contribution in [2.24, 2.45) is 0 Å². The summed E-state index contributed by atoms with van der Waals surface area (Å²) in [4.78, 5) is 20.3. The Hall–Kier alpha value is -3.08. The molecule has 1 fully saturated rings. The van der Waals surface area contributed by atoms with E-state index >= 15 is 0 Å². The number of fused-ring (bicyclic) bond motifs is 2. The molecule has 1 aliphatic carbocycles. The third-order valence-electron chi connectivity index (χ3n) is 5.96. The number of aromatic nitrogens is 1. The molecule has 3 aromatic rings. The molecule has 5 heteroatoms. The number of carbonyl (C=O) groups excluding carboxylic acids is 1. The average Bonchev–Trinajstić information content (AvgIpc) is 3.27. The lowest BCUT2D eigenvalue weighted by Crippen LogP contribution is -2.41. The third kappa shape index (κ3) is 3.41. The van der Waals surface area contributed by atoms with Crippen LogP contribution in [-0.2, 0) is 6.54 Å². The fourth-order valence-corrected chi connectivity index (χ4v) is 4.49. The summed E-state index contributed by atoms with van der Waals surface area (Å²) in [5, 5.41) is 0.985. The standard InChI is InChI=1S/C24H24N2O3/c27-24(20-12-4-7-17-9-6-14-25-22(17)20)26(19-10-2-1-3-11-19)15-18-8-5-13-21-23(18)29-16-28-21/h4-9,12-14,19H,1-3,10-11,15-16H2. The van der Waals surface area contributed by atoms with Gasteiger partial charge in [0, 0.05) is 23.2 Å². The van der Waals surface area contributed by atoms with Crippen LogP contribution in [0.1, 0.15) is 48.0 Å². The highest BCUT2D eigenvalue weighted by molar-refractivity contribution is 6.05. The Balaban J connectivity index is 1.53. The van der Waals surface area contributed by atoms with Gasteiger partial charge >= 0.3 is 0 Å². The lowest BCUT2D eigenvalue weighted by atomic mass is 9.93. The highest BCUT2D eigenvalue weighted by Gasteiger charge is 2.29. The van der Waals surface area contributed by atoms with Gasteiger partial charge in [0.15, 0.2) is 11.5 Å². The first kappa shape index (κ1) is 18.0. The van der Waals surface area contributed by atoms with Crippen molar-refractivity contribution in [3.8, 4) is 11.5 Å². The molecule has 0 N–H and O–H groups in total. The molecule has 0 saturated heterocycles. The summed E-state index contributed by atoms with van der Waals surface area (Å²) in [6.07, 6.45) is 7.39.